The number of carbonyl (C=O) groups excluding carboxylic acids is 1. The van der Waals surface area contributed by atoms with Gasteiger partial charge in [-0.1, -0.05) is 17.7 Å². The molecule has 0 fully saturated rings. The molecule has 0 saturated heterocycles. The summed E-state index contributed by atoms with van der Waals surface area (Å²) in [5, 5.41) is 4.33. The van der Waals surface area contributed by atoms with Gasteiger partial charge in [-0.25, -0.2) is 4.68 Å². The van der Waals surface area contributed by atoms with Crippen LogP contribution in [0.5, 0.6) is 0 Å². The molecule has 0 saturated carbocycles. The second-order valence-corrected chi connectivity index (χ2v) is 7.51. The van der Waals surface area contributed by atoms with Gasteiger partial charge in [0, 0.05) is 18.0 Å². The van der Waals surface area contributed by atoms with Crippen LogP contribution in [0.25, 0.3) is 11.5 Å². The molecule has 3 heterocycles. The number of nitrogens with zero attached hydrogens (tertiary/aromatic N) is 4. The minimum Gasteiger partial charge on any atom is -0.331 e. The number of halogens is 1. The van der Waals surface area contributed by atoms with Gasteiger partial charge in [-0.05, 0) is 44.5 Å². The molecule has 0 aliphatic carbocycles. The van der Waals surface area contributed by atoms with Crippen molar-refractivity contribution in [1.29, 1.82) is 0 Å². The van der Waals surface area contributed by atoms with E-state index in [1.807, 2.05) is 29.2 Å². The van der Waals surface area contributed by atoms with Crippen molar-refractivity contribution in [3.8, 4) is 11.5 Å². The molecule has 0 radical (unpaired) electrons. The molecule has 1 aliphatic heterocycles. The van der Waals surface area contributed by atoms with Gasteiger partial charge in [0.1, 0.15) is 11.2 Å². The van der Waals surface area contributed by atoms with Crippen LogP contribution in [0.2, 0.25) is 0 Å². The zero-order chi connectivity index (χ0) is 18.4. The first-order valence-corrected chi connectivity index (χ1v) is 9.14. The molecule has 2 aromatic heterocycles. The van der Waals surface area contributed by atoms with Gasteiger partial charge >= 0.3 is 0 Å². The largest absolute Gasteiger partial charge is 0.331 e. The van der Waals surface area contributed by atoms with Crippen LogP contribution < -0.4 is 0 Å². The van der Waals surface area contributed by atoms with Crippen molar-refractivity contribution in [2.75, 3.05) is 0 Å². The summed E-state index contributed by atoms with van der Waals surface area (Å²) in [5.41, 5.74) is 5.45. The van der Waals surface area contributed by atoms with Gasteiger partial charge in [0.25, 0.3) is 0 Å². The molecular weight excluding hydrogens is 348 g/mol. The monoisotopic (exact) mass is 368 g/mol. The van der Waals surface area contributed by atoms with E-state index in [0.717, 1.165) is 22.8 Å². The third kappa shape index (κ3) is 2.72. The lowest BCUT2D eigenvalue weighted by Gasteiger charge is -2.19. The standard InChI is InChI=1S/C20H21ClN4O/c1-13-6-7-18(14(2)10-13)25-19(23-8-4-5-9-23)16-11-24(12-17(16)22-25)20(26)15(3)21/h4-10,15H,11-12H2,1-3H3. The molecule has 4 rings (SSSR count). The highest BCUT2D eigenvalue weighted by molar-refractivity contribution is 6.30. The summed E-state index contributed by atoms with van der Waals surface area (Å²) >= 11 is 6.00. The van der Waals surface area contributed by atoms with E-state index in [1.165, 1.54) is 11.1 Å². The molecule has 0 N–H and O–H groups in total. The Morgan fingerprint density at radius 2 is 1.92 bits per heavy atom. The Morgan fingerprint density at radius 3 is 2.58 bits per heavy atom. The molecule has 1 atom stereocenters. The summed E-state index contributed by atoms with van der Waals surface area (Å²) in [6.07, 6.45) is 4.01. The average Bonchev–Trinajstić information content (AvgIpc) is 3.28. The second-order valence-electron chi connectivity index (χ2n) is 6.85. The van der Waals surface area contributed by atoms with Crippen LogP contribution in [-0.4, -0.2) is 30.5 Å². The molecule has 6 heteroatoms. The second kappa shape index (κ2) is 6.32. The van der Waals surface area contributed by atoms with Crippen molar-refractivity contribution in [3.63, 3.8) is 0 Å². The van der Waals surface area contributed by atoms with Gasteiger partial charge in [-0.3, -0.25) is 4.79 Å². The lowest BCUT2D eigenvalue weighted by Crippen LogP contribution is -2.31. The summed E-state index contributed by atoms with van der Waals surface area (Å²) in [6.45, 7) is 6.92. The smallest absolute Gasteiger partial charge is 0.240 e. The van der Waals surface area contributed by atoms with Gasteiger partial charge in [-0.2, -0.15) is 5.10 Å². The maximum atomic E-state index is 12.3. The molecule has 0 spiro atoms. The summed E-state index contributed by atoms with van der Waals surface area (Å²) < 4.78 is 4.05. The fraction of sp³-hybridized carbons (Fsp3) is 0.300. The van der Waals surface area contributed by atoms with Gasteiger partial charge in [0.15, 0.2) is 0 Å². The van der Waals surface area contributed by atoms with E-state index < -0.39 is 5.38 Å². The Labute approximate surface area is 157 Å². The number of amides is 1. The minimum atomic E-state index is -0.527. The number of aromatic nitrogens is 3. The number of alkyl halides is 1. The lowest BCUT2D eigenvalue weighted by molar-refractivity contribution is -0.131. The van der Waals surface area contributed by atoms with Crippen molar-refractivity contribution in [2.45, 2.75) is 39.2 Å². The van der Waals surface area contributed by atoms with E-state index in [-0.39, 0.29) is 5.91 Å². The first-order chi connectivity index (χ1) is 12.5. The quantitative estimate of drug-likeness (QED) is 0.661. The summed E-state index contributed by atoms with van der Waals surface area (Å²) in [6, 6.07) is 10.3. The molecule has 134 valence electrons. The lowest BCUT2D eigenvalue weighted by atomic mass is 10.1. The van der Waals surface area contributed by atoms with E-state index >= 15 is 0 Å². The molecule has 1 aromatic carbocycles. The number of rotatable bonds is 3. The summed E-state index contributed by atoms with van der Waals surface area (Å²) in [5.74, 6) is 0.927. The van der Waals surface area contributed by atoms with Crippen molar-refractivity contribution >= 4 is 17.5 Å². The molecule has 26 heavy (non-hydrogen) atoms. The molecular formula is C20H21ClN4O. The van der Waals surface area contributed by atoms with E-state index in [2.05, 4.69) is 36.6 Å². The van der Waals surface area contributed by atoms with Crippen LogP contribution in [0, 0.1) is 13.8 Å². The van der Waals surface area contributed by atoms with Crippen LogP contribution in [0.3, 0.4) is 0 Å². The van der Waals surface area contributed by atoms with Crippen LogP contribution in [-0.2, 0) is 17.9 Å². The predicted octanol–water partition coefficient (Wildman–Crippen LogP) is 3.75. The first kappa shape index (κ1) is 16.9. The maximum Gasteiger partial charge on any atom is 0.240 e. The fourth-order valence-corrected chi connectivity index (χ4v) is 3.70. The van der Waals surface area contributed by atoms with Crippen molar-refractivity contribution in [1.82, 2.24) is 19.2 Å². The number of hydrogen-bond donors (Lipinski definition) is 0. The highest BCUT2D eigenvalue weighted by atomic mass is 35.5. The number of carbonyl (C=O) groups is 1. The Balaban J connectivity index is 1.84. The molecule has 0 bridgehead atoms. The van der Waals surface area contributed by atoms with Crippen molar-refractivity contribution in [3.05, 3.63) is 65.1 Å². The van der Waals surface area contributed by atoms with Crippen LogP contribution in [0.15, 0.2) is 42.7 Å². The highest BCUT2D eigenvalue weighted by Crippen LogP contribution is 2.32. The van der Waals surface area contributed by atoms with Gasteiger partial charge in [0.05, 0.1) is 24.5 Å². The van der Waals surface area contributed by atoms with E-state index in [0.29, 0.717) is 13.1 Å². The minimum absolute atomic E-state index is 0.0545. The van der Waals surface area contributed by atoms with Crippen molar-refractivity contribution in [2.24, 2.45) is 0 Å². The molecule has 1 amide bonds. The van der Waals surface area contributed by atoms with E-state index in [4.69, 9.17) is 16.7 Å². The van der Waals surface area contributed by atoms with Crippen LogP contribution >= 0.6 is 11.6 Å². The number of fused-ring (bicyclic) bond motifs is 1. The molecule has 1 unspecified atom stereocenters. The fourth-order valence-electron chi connectivity index (χ4n) is 3.56. The molecule has 3 aromatic rings. The Morgan fingerprint density at radius 1 is 1.19 bits per heavy atom. The summed E-state index contributed by atoms with van der Waals surface area (Å²) in [7, 11) is 0. The third-order valence-electron chi connectivity index (χ3n) is 4.81. The SMILES string of the molecule is Cc1ccc(-n2nc3c(c2-n2cccc2)CN(C(=O)C(C)Cl)C3)c(C)c1. The third-order valence-corrected chi connectivity index (χ3v) is 5.00. The normalized spacial score (nSPS) is 14.5. The summed E-state index contributed by atoms with van der Waals surface area (Å²) in [4.78, 5) is 14.1. The molecule has 5 nitrogen and oxygen atoms in total. The molecule has 1 aliphatic rings. The highest BCUT2D eigenvalue weighted by Gasteiger charge is 2.32. The van der Waals surface area contributed by atoms with Crippen LogP contribution in [0.4, 0.5) is 0 Å². The number of aryl methyl sites for hydroxylation is 2. The van der Waals surface area contributed by atoms with E-state index in [9.17, 15) is 4.79 Å². The Kier molecular flexibility index (Phi) is 4.11. The van der Waals surface area contributed by atoms with Crippen LogP contribution in [0.1, 0.15) is 29.3 Å². The average molecular weight is 369 g/mol. The van der Waals surface area contributed by atoms with Gasteiger partial charge in [0.2, 0.25) is 5.91 Å². The van der Waals surface area contributed by atoms with E-state index in [1.54, 1.807) is 11.8 Å². The van der Waals surface area contributed by atoms with Crippen molar-refractivity contribution < 1.29 is 4.79 Å². The topological polar surface area (TPSA) is 43.1 Å². The maximum absolute atomic E-state index is 12.3. The van der Waals surface area contributed by atoms with Gasteiger partial charge in [-0.15, -0.1) is 11.6 Å². The number of hydrogen-bond acceptors (Lipinski definition) is 2. The zero-order valence-electron chi connectivity index (χ0n) is 15.1. The number of benzene rings is 1. The zero-order valence-corrected chi connectivity index (χ0v) is 15.9. The van der Waals surface area contributed by atoms with Gasteiger partial charge < -0.3 is 9.47 Å². The Bertz CT molecular complexity index is 972. The first-order valence-electron chi connectivity index (χ1n) is 8.70. The predicted molar refractivity (Wildman–Crippen MR) is 102 cm³/mol. The Hall–Kier alpha value is -2.53.